The number of hydrogen-bond donors (Lipinski definition) is 0. The first kappa shape index (κ1) is 21.0. The van der Waals surface area contributed by atoms with E-state index in [0.717, 1.165) is 10.0 Å². The van der Waals surface area contributed by atoms with Crippen molar-refractivity contribution in [2.24, 2.45) is 0 Å². The summed E-state index contributed by atoms with van der Waals surface area (Å²) in [7, 11) is 1.54. The Morgan fingerprint density at radius 3 is 2.31 bits per heavy atom. The van der Waals surface area contributed by atoms with Crippen molar-refractivity contribution < 1.29 is 14.3 Å². The van der Waals surface area contributed by atoms with Gasteiger partial charge in [-0.05, 0) is 43.7 Å². The van der Waals surface area contributed by atoms with Crippen molar-refractivity contribution in [1.29, 1.82) is 0 Å². The summed E-state index contributed by atoms with van der Waals surface area (Å²) in [4.78, 5) is 33.3. The Bertz CT molecular complexity index is 885. The van der Waals surface area contributed by atoms with Gasteiger partial charge < -0.3 is 14.5 Å². The molecule has 2 heterocycles. The van der Waals surface area contributed by atoms with Gasteiger partial charge in [0.25, 0.3) is 5.91 Å². The quantitative estimate of drug-likeness (QED) is 0.657. The summed E-state index contributed by atoms with van der Waals surface area (Å²) < 4.78 is 6.05. The van der Waals surface area contributed by atoms with Crippen LogP contribution in [0.4, 0.5) is 0 Å². The highest BCUT2D eigenvalue weighted by molar-refractivity contribution is 9.10. The van der Waals surface area contributed by atoms with E-state index >= 15 is 0 Å². The van der Waals surface area contributed by atoms with Crippen molar-refractivity contribution in [2.75, 3.05) is 20.2 Å². The van der Waals surface area contributed by atoms with E-state index in [4.69, 9.17) is 4.74 Å². The molecule has 1 saturated heterocycles. The molecule has 1 aromatic carbocycles. The predicted octanol–water partition coefficient (Wildman–Crippen LogP) is 3.63. The summed E-state index contributed by atoms with van der Waals surface area (Å²) >= 11 is 3.40. The molecule has 0 saturated carbocycles. The fraction of sp³-hybridized carbons (Fsp3) is 0.318. The van der Waals surface area contributed by atoms with Crippen LogP contribution in [0, 0.1) is 0 Å². The van der Waals surface area contributed by atoms with Gasteiger partial charge in [0.1, 0.15) is 0 Å². The van der Waals surface area contributed by atoms with Crippen LogP contribution in [-0.4, -0.2) is 58.9 Å². The molecule has 0 aliphatic carbocycles. The standard InChI is InChI=1S/C22H24BrN3O3/c1-15-13-25(21(27)11-6-17-4-8-19(23)9-5-17)14-16(2)26(15)22(28)18-7-10-20(29-3)24-12-18/h4-12,15-16H,13-14H2,1-3H3/b11-6+. The number of carbonyl (C=O) groups excluding carboxylic acids is 2. The fourth-order valence-corrected chi connectivity index (χ4v) is 3.79. The number of aromatic nitrogens is 1. The maximum atomic E-state index is 13.0. The van der Waals surface area contributed by atoms with Crippen molar-refractivity contribution in [3.05, 3.63) is 64.3 Å². The summed E-state index contributed by atoms with van der Waals surface area (Å²) in [5.74, 6) is 0.332. The second kappa shape index (κ2) is 9.22. The summed E-state index contributed by atoms with van der Waals surface area (Å²) in [6.45, 7) is 4.90. The molecule has 2 atom stereocenters. The third kappa shape index (κ3) is 5.03. The molecule has 1 aromatic heterocycles. The molecule has 7 heteroatoms. The summed E-state index contributed by atoms with van der Waals surface area (Å²) in [5.41, 5.74) is 1.47. The molecular weight excluding hydrogens is 434 g/mol. The van der Waals surface area contributed by atoms with Gasteiger partial charge in [-0.2, -0.15) is 0 Å². The van der Waals surface area contributed by atoms with E-state index in [-0.39, 0.29) is 23.9 Å². The van der Waals surface area contributed by atoms with Crippen molar-refractivity contribution in [2.45, 2.75) is 25.9 Å². The van der Waals surface area contributed by atoms with Gasteiger partial charge in [0.15, 0.2) is 0 Å². The first-order valence-electron chi connectivity index (χ1n) is 9.44. The van der Waals surface area contributed by atoms with E-state index in [2.05, 4.69) is 20.9 Å². The molecule has 2 amide bonds. The number of benzene rings is 1. The van der Waals surface area contributed by atoms with Crippen LogP contribution in [0.15, 0.2) is 53.1 Å². The van der Waals surface area contributed by atoms with Crippen LogP contribution in [0.2, 0.25) is 0 Å². The molecule has 2 unspecified atom stereocenters. The van der Waals surface area contributed by atoms with Gasteiger partial charge in [-0.15, -0.1) is 0 Å². The van der Waals surface area contributed by atoms with Gasteiger partial charge >= 0.3 is 0 Å². The van der Waals surface area contributed by atoms with Crippen LogP contribution in [0.3, 0.4) is 0 Å². The van der Waals surface area contributed by atoms with Crippen LogP contribution < -0.4 is 4.74 Å². The first-order valence-corrected chi connectivity index (χ1v) is 10.2. The number of methoxy groups -OCH3 is 1. The molecule has 0 radical (unpaired) electrons. The Hall–Kier alpha value is -2.67. The topological polar surface area (TPSA) is 62.7 Å². The predicted molar refractivity (Wildman–Crippen MR) is 116 cm³/mol. The van der Waals surface area contributed by atoms with Crippen molar-refractivity contribution in [3.63, 3.8) is 0 Å². The lowest BCUT2D eigenvalue weighted by molar-refractivity contribution is -0.129. The Morgan fingerprint density at radius 1 is 1.10 bits per heavy atom. The monoisotopic (exact) mass is 457 g/mol. The zero-order chi connectivity index (χ0) is 21.0. The molecular formula is C22H24BrN3O3. The minimum Gasteiger partial charge on any atom is -0.481 e. The van der Waals surface area contributed by atoms with Gasteiger partial charge in [-0.1, -0.05) is 28.1 Å². The first-order chi connectivity index (χ1) is 13.9. The SMILES string of the molecule is COc1ccc(C(=O)N2C(C)CN(C(=O)/C=C/c3ccc(Br)cc3)CC2C)cn1. The second-order valence-corrected chi connectivity index (χ2v) is 8.04. The third-order valence-corrected chi connectivity index (χ3v) is 5.47. The molecule has 1 aliphatic rings. The number of piperazine rings is 1. The normalized spacial score (nSPS) is 19.4. The van der Waals surface area contributed by atoms with Crippen molar-refractivity contribution >= 4 is 33.8 Å². The van der Waals surface area contributed by atoms with Gasteiger partial charge in [0, 0.05) is 48.0 Å². The Labute approximate surface area is 179 Å². The minimum atomic E-state index is -0.0987. The third-order valence-electron chi connectivity index (χ3n) is 4.95. The molecule has 3 rings (SSSR count). The maximum Gasteiger partial charge on any atom is 0.256 e. The van der Waals surface area contributed by atoms with Gasteiger partial charge in [0.05, 0.1) is 12.7 Å². The Kier molecular flexibility index (Phi) is 6.69. The van der Waals surface area contributed by atoms with Crippen LogP contribution in [0.25, 0.3) is 6.08 Å². The molecule has 1 fully saturated rings. The van der Waals surface area contributed by atoms with E-state index in [1.807, 2.05) is 49.1 Å². The second-order valence-electron chi connectivity index (χ2n) is 7.13. The molecule has 29 heavy (non-hydrogen) atoms. The van der Waals surface area contributed by atoms with Crippen molar-refractivity contribution in [1.82, 2.24) is 14.8 Å². The molecule has 152 valence electrons. The van der Waals surface area contributed by atoms with Gasteiger partial charge in [-0.3, -0.25) is 9.59 Å². The number of carbonyl (C=O) groups is 2. The van der Waals surface area contributed by atoms with Crippen LogP contribution in [0.1, 0.15) is 29.8 Å². The molecule has 2 aromatic rings. The molecule has 0 spiro atoms. The van der Waals surface area contributed by atoms with Crippen LogP contribution in [0.5, 0.6) is 5.88 Å². The highest BCUT2D eigenvalue weighted by Gasteiger charge is 2.34. The lowest BCUT2D eigenvalue weighted by Crippen LogP contribution is -2.59. The molecule has 6 nitrogen and oxygen atoms in total. The van der Waals surface area contributed by atoms with E-state index < -0.39 is 0 Å². The maximum absolute atomic E-state index is 13.0. The van der Waals surface area contributed by atoms with Crippen LogP contribution in [-0.2, 0) is 4.79 Å². The zero-order valence-corrected chi connectivity index (χ0v) is 18.3. The molecule has 0 bridgehead atoms. The minimum absolute atomic E-state index is 0.0511. The number of nitrogens with zero attached hydrogens (tertiary/aromatic N) is 3. The summed E-state index contributed by atoms with van der Waals surface area (Å²) in [6, 6.07) is 11.0. The average molecular weight is 458 g/mol. The van der Waals surface area contributed by atoms with Crippen LogP contribution >= 0.6 is 15.9 Å². The highest BCUT2D eigenvalue weighted by atomic mass is 79.9. The fourth-order valence-electron chi connectivity index (χ4n) is 3.53. The van der Waals surface area contributed by atoms with E-state index in [1.165, 1.54) is 13.3 Å². The Balaban J connectivity index is 1.66. The smallest absolute Gasteiger partial charge is 0.256 e. The van der Waals surface area contributed by atoms with Gasteiger partial charge in [-0.25, -0.2) is 4.98 Å². The number of hydrogen-bond acceptors (Lipinski definition) is 4. The lowest BCUT2D eigenvalue weighted by Gasteiger charge is -2.44. The lowest BCUT2D eigenvalue weighted by atomic mass is 10.1. The number of rotatable bonds is 4. The van der Waals surface area contributed by atoms with E-state index in [9.17, 15) is 9.59 Å². The largest absolute Gasteiger partial charge is 0.481 e. The average Bonchev–Trinajstić information content (AvgIpc) is 2.72. The Morgan fingerprint density at radius 2 is 1.76 bits per heavy atom. The number of amides is 2. The van der Waals surface area contributed by atoms with Gasteiger partial charge in [0.2, 0.25) is 11.8 Å². The highest BCUT2D eigenvalue weighted by Crippen LogP contribution is 2.20. The van der Waals surface area contributed by atoms with E-state index in [1.54, 1.807) is 23.1 Å². The number of pyridine rings is 1. The molecule has 1 aliphatic heterocycles. The van der Waals surface area contributed by atoms with Crippen molar-refractivity contribution in [3.8, 4) is 5.88 Å². The summed E-state index contributed by atoms with van der Waals surface area (Å²) in [5, 5.41) is 0. The van der Waals surface area contributed by atoms with E-state index in [0.29, 0.717) is 24.5 Å². The number of halogens is 1. The summed E-state index contributed by atoms with van der Waals surface area (Å²) in [6.07, 6.45) is 4.93. The molecule has 0 N–H and O–H groups in total. The zero-order valence-electron chi connectivity index (χ0n) is 16.7. The number of ether oxygens (including phenoxy) is 1.